The maximum atomic E-state index is 12.2. The fourth-order valence-corrected chi connectivity index (χ4v) is 2.30. The molecule has 0 aliphatic rings. The lowest BCUT2D eigenvalue weighted by molar-refractivity contribution is -0.112. The molecule has 2 N–H and O–H groups in total. The van der Waals surface area contributed by atoms with E-state index in [-0.39, 0.29) is 21.3 Å². The molecule has 0 bridgehead atoms. The van der Waals surface area contributed by atoms with Gasteiger partial charge in [-0.25, -0.2) is 4.79 Å². The van der Waals surface area contributed by atoms with Crippen molar-refractivity contribution in [3.8, 4) is 6.07 Å². The molecular formula is C18H13Cl2N3O3. The van der Waals surface area contributed by atoms with Gasteiger partial charge in [-0.05, 0) is 30.3 Å². The number of carbonyl (C=O) groups excluding carboxylic acids is 2. The maximum Gasteiger partial charge on any atom is 0.337 e. The first kappa shape index (κ1) is 19.3. The first-order valence-corrected chi connectivity index (χ1v) is 8.02. The van der Waals surface area contributed by atoms with Crippen molar-refractivity contribution in [2.24, 2.45) is 0 Å². The van der Waals surface area contributed by atoms with Crippen molar-refractivity contribution in [2.45, 2.75) is 0 Å². The van der Waals surface area contributed by atoms with E-state index >= 15 is 0 Å². The number of ether oxygens (including phenoxy) is 1. The minimum atomic E-state index is -0.659. The molecule has 2 aromatic carbocycles. The van der Waals surface area contributed by atoms with Crippen molar-refractivity contribution >= 4 is 46.5 Å². The third-order valence-corrected chi connectivity index (χ3v) is 4.05. The quantitative estimate of drug-likeness (QED) is 0.453. The number of nitrogens with zero attached hydrogens (tertiary/aromatic N) is 1. The molecule has 8 heteroatoms. The Bertz CT molecular complexity index is 920. The van der Waals surface area contributed by atoms with E-state index in [0.717, 1.165) is 0 Å². The molecule has 0 aliphatic carbocycles. The van der Waals surface area contributed by atoms with Crippen molar-refractivity contribution in [3.05, 3.63) is 69.8 Å². The van der Waals surface area contributed by atoms with Gasteiger partial charge in [0.15, 0.2) is 0 Å². The number of rotatable bonds is 5. The van der Waals surface area contributed by atoms with Crippen LogP contribution in [-0.4, -0.2) is 19.0 Å². The van der Waals surface area contributed by atoms with E-state index < -0.39 is 11.9 Å². The lowest BCUT2D eigenvalue weighted by atomic mass is 10.2. The molecule has 0 saturated carbocycles. The number of esters is 1. The molecule has 0 spiro atoms. The van der Waals surface area contributed by atoms with Gasteiger partial charge in [-0.1, -0.05) is 35.3 Å². The van der Waals surface area contributed by atoms with Crippen LogP contribution in [0.5, 0.6) is 0 Å². The van der Waals surface area contributed by atoms with Crippen LogP contribution in [0.2, 0.25) is 10.0 Å². The third-order valence-electron chi connectivity index (χ3n) is 3.23. The normalized spacial score (nSPS) is 10.6. The van der Waals surface area contributed by atoms with Crippen LogP contribution in [0.3, 0.4) is 0 Å². The van der Waals surface area contributed by atoms with E-state index in [0.29, 0.717) is 11.3 Å². The molecule has 0 fully saturated rings. The van der Waals surface area contributed by atoms with E-state index in [9.17, 15) is 14.9 Å². The summed E-state index contributed by atoms with van der Waals surface area (Å²) in [5.74, 6) is -1.15. The number of hydrogen-bond donors (Lipinski definition) is 2. The van der Waals surface area contributed by atoms with Crippen LogP contribution >= 0.6 is 23.2 Å². The highest BCUT2D eigenvalue weighted by Crippen LogP contribution is 2.29. The Morgan fingerprint density at radius 1 is 1.19 bits per heavy atom. The number of anilines is 2. The van der Waals surface area contributed by atoms with Gasteiger partial charge in [0, 0.05) is 11.9 Å². The fraction of sp³-hybridized carbons (Fsp3) is 0.0556. The van der Waals surface area contributed by atoms with Crippen LogP contribution in [0.4, 0.5) is 11.4 Å². The zero-order chi connectivity index (χ0) is 19.1. The third kappa shape index (κ3) is 4.76. The first-order valence-electron chi connectivity index (χ1n) is 7.26. The predicted octanol–water partition coefficient (Wildman–Crippen LogP) is 4.24. The Morgan fingerprint density at radius 2 is 1.92 bits per heavy atom. The van der Waals surface area contributed by atoms with E-state index in [2.05, 4.69) is 15.4 Å². The summed E-state index contributed by atoms with van der Waals surface area (Å²) >= 11 is 11.9. The van der Waals surface area contributed by atoms with Gasteiger partial charge in [0.25, 0.3) is 5.91 Å². The topological polar surface area (TPSA) is 91.2 Å². The largest absolute Gasteiger partial charge is 0.465 e. The van der Waals surface area contributed by atoms with Crippen LogP contribution in [-0.2, 0) is 9.53 Å². The number of nitrogens with one attached hydrogen (secondary N) is 2. The van der Waals surface area contributed by atoms with Crippen molar-refractivity contribution < 1.29 is 14.3 Å². The Labute approximate surface area is 160 Å². The van der Waals surface area contributed by atoms with Crippen molar-refractivity contribution in [1.29, 1.82) is 5.26 Å². The van der Waals surface area contributed by atoms with Crippen molar-refractivity contribution in [1.82, 2.24) is 0 Å². The Morgan fingerprint density at radius 3 is 2.62 bits per heavy atom. The van der Waals surface area contributed by atoms with Gasteiger partial charge in [0.2, 0.25) is 0 Å². The molecule has 2 rings (SSSR count). The van der Waals surface area contributed by atoms with Crippen LogP contribution in [0.1, 0.15) is 10.4 Å². The average Bonchev–Trinajstić information content (AvgIpc) is 2.65. The smallest absolute Gasteiger partial charge is 0.337 e. The Balaban J connectivity index is 2.15. The maximum absolute atomic E-state index is 12.2. The van der Waals surface area contributed by atoms with Gasteiger partial charge >= 0.3 is 5.97 Å². The summed E-state index contributed by atoms with van der Waals surface area (Å²) in [4.78, 5) is 23.8. The van der Waals surface area contributed by atoms with Crippen LogP contribution in [0, 0.1) is 11.3 Å². The number of benzene rings is 2. The van der Waals surface area contributed by atoms with Crippen molar-refractivity contribution in [3.63, 3.8) is 0 Å². The zero-order valence-electron chi connectivity index (χ0n) is 13.5. The standard InChI is InChI=1S/C18H13Cl2N3O3/c1-26-18(25)11-4-2-5-13(8-11)22-10-12(9-21)17(24)23-15-7-3-6-14(19)16(15)20/h2-8,10,22H,1H3,(H,23,24)/b12-10-. The van der Waals surface area contributed by atoms with Gasteiger partial charge in [0.1, 0.15) is 11.6 Å². The van der Waals surface area contributed by atoms with E-state index in [1.807, 2.05) is 0 Å². The lowest BCUT2D eigenvalue weighted by Gasteiger charge is -2.08. The summed E-state index contributed by atoms with van der Waals surface area (Å²) in [5, 5.41) is 15.0. The summed E-state index contributed by atoms with van der Waals surface area (Å²) in [6.07, 6.45) is 1.23. The summed E-state index contributed by atoms with van der Waals surface area (Å²) < 4.78 is 4.64. The minimum Gasteiger partial charge on any atom is -0.465 e. The molecular weight excluding hydrogens is 377 g/mol. The number of halogens is 2. The molecule has 0 aliphatic heterocycles. The second-order valence-electron chi connectivity index (χ2n) is 4.94. The summed E-state index contributed by atoms with van der Waals surface area (Å²) in [6.45, 7) is 0. The predicted molar refractivity (Wildman–Crippen MR) is 100 cm³/mol. The summed E-state index contributed by atoms with van der Waals surface area (Å²) in [5.41, 5.74) is 0.941. The molecule has 2 aromatic rings. The van der Waals surface area contributed by atoms with Gasteiger partial charge < -0.3 is 15.4 Å². The number of nitriles is 1. The molecule has 0 saturated heterocycles. The second-order valence-corrected chi connectivity index (χ2v) is 5.73. The van der Waals surface area contributed by atoms with Gasteiger partial charge in [0.05, 0.1) is 28.4 Å². The minimum absolute atomic E-state index is 0.179. The highest BCUT2D eigenvalue weighted by Gasteiger charge is 2.13. The summed E-state index contributed by atoms with van der Waals surface area (Å²) in [6, 6.07) is 13.0. The van der Waals surface area contributed by atoms with Crippen LogP contribution < -0.4 is 10.6 Å². The molecule has 0 atom stereocenters. The molecule has 1 amide bonds. The average molecular weight is 390 g/mol. The molecule has 132 valence electrons. The molecule has 0 aromatic heterocycles. The summed E-state index contributed by atoms with van der Waals surface area (Å²) in [7, 11) is 1.28. The van der Waals surface area contributed by atoms with E-state index in [4.69, 9.17) is 23.2 Å². The van der Waals surface area contributed by atoms with Gasteiger partial charge in [-0.2, -0.15) is 5.26 Å². The molecule has 0 heterocycles. The monoisotopic (exact) mass is 389 g/mol. The molecule has 6 nitrogen and oxygen atoms in total. The number of amides is 1. The van der Waals surface area contributed by atoms with Gasteiger partial charge in [-0.3, -0.25) is 4.79 Å². The highest BCUT2D eigenvalue weighted by atomic mass is 35.5. The Hall–Kier alpha value is -3.01. The van der Waals surface area contributed by atoms with E-state index in [1.54, 1.807) is 42.5 Å². The number of carbonyl (C=O) groups is 2. The van der Waals surface area contributed by atoms with Crippen molar-refractivity contribution in [2.75, 3.05) is 17.7 Å². The van der Waals surface area contributed by atoms with Gasteiger partial charge in [-0.15, -0.1) is 0 Å². The SMILES string of the molecule is COC(=O)c1cccc(N/C=C(/C#N)C(=O)Nc2cccc(Cl)c2Cl)c1. The number of methoxy groups -OCH3 is 1. The number of hydrogen-bond acceptors (Lipinski definition) is 5. The molecule has 0 radical (unpaired) electrons. The molecule has 26 heavy (non-hydrogen) atoms. The first-order chi connectivity index (χ1) is 12.5. The second kappa shape index (κ2) is 8.90. The molecule has 0 unspecified atom stereocenters. The lowest BCUT2D eigenvalue weighted by Crippen LogP contribution is -2.15. The highest BCUT2D eigenvalue weighted by molar-refractivity contribution is 6.44. The fourth-order valence-electron chi connectivity index (χ4n) is 1.95. The van der Waals surface area contributed by atoms with Crippen LogP contribution in [0.15, 0.2) is 54.2 Å². The Kier molecular flexibility index (Phi) is 6.61. The van der Waals surface area contributed by atoms with Crippen LogP contribution in [0.25, 0.3) is 0 Å². The zero-order valence-corrected chi connectivity index (χ0v) is 15.1. The van der Waals surface area contributed by atoms with E-state index in [1.165, 1.54) is 19.4 Å².